The number of carbonyl (C=O) groups excluding carboxylic acids is 2. The largest absolute Gasteiger partial charge is 0.466 e. The lowest BCUT2D eigenvalue weighted by Crippen LogP contribution is -2.42. The number of hydrogen-bond donors (Lipinski definition) is 0. The van der Waals surface area contributed by atoms with Crippen LogP contribution in [0.3, 0.4) is 0 Å². The molecule has 0 bridgehead atoms. The number of non-ortho nitro benzene ring substituents is 1. The molecule has 128 valence electrons. The second kappa shape index (κ2) is 8.24. The number of amides is 1. The highest BCUT2D eigenvalue weighted by Crippen LogP contribution is 2.19. The summed E-state index contributed by atoms with van der Waals surface area (Å²) in [4.78, 5) is 35.8. The van der Waals surface area contributed by atoms with Gasteiger partial charge in [-0.1, -0.05) is 0 Å². The first kappa shape index (κ1) is 17.7. The standard InChI is InChI=1S/C17H20N2O5/c1-2-24-17(21)14-4-3-11-18(12-14)16(20)10-7-13-5-8-15(9-6-13)19(22)23/h5-10,14H,2-4,11-12H2,1H3/b10-7+/t14-/m0/s1. The minimum absolute atomic E-state index is 0.00628. The second-order valence-electron chi connectivity index (χ2n) is 5.56. The SMILES string of the molecule is CCOC(=O)[C@H]1CCCN(C(=O)/C=C/c2ccc([N+](=O)[O-])cc2)C1. The summed E-state index contributed by atoms with van der Waals surface area (Å²) in [6.45, 7) is 3.07. The van der Waals surface area contributed by atoms with Crippen molar-refractivity contribution in [2.45, 2.75) is 19.8 Å². The fraction of sp³-hybridized carbons (Fsp3) is 0.412. The molecule has 1 atom stereocenters. The number of likely N-dealkylation sites (tertiary alicyclic amines) is 1. The van der Waals surface area contributed by atoms with Gasteiger partial charge in [0, 0.05) is 31.3 Å². The number of rotatable bonds is 5. The predicted octanol–water partition coefficient (Wildman–Crippen LogP) is 2.41. The fourth-order valence-corrected chi connectivity index (χ4v) is 2.61. The molecule has 0 saturated carbocycles. The van der Waals surface area contributed by atoms with Crippen LogP contribution in [0.1, 0.15) is 25.3 Å². The third kappa shape index (κ3) is 4.65. The minimum Gasteiger partial charge on any atom is -0.466 e. The first-order valence-electron chi connectivity index (χ1n) is 7.89. The Morgan fingerprint density at radius 3 is 2.71 bits per heavy atom. The lowest BCUT2D eigenvalue weighted by molar-refractivity contribution is -0.384. The number of ether oxygens (including phenoxy) is 1. The van der Waals surface area contributed by atoms with Gasteiger partial charge in [0.25, 0.3) is 5.69 Å². The zero-order valence-electron chi connectivity index (χ0n) is 13.5. The molecule has 0 N–H and O–H groups in total. The quantitative estimate of drug-likeness (QED) is 0.357. The van der Waals surface area contributed by atoms with Gasteiger partial charge in [-0.3, -0.25) is 19.7 Å². The van der Waals surface area contributed by atoms with E-state index in [1.807, 2.05) is 0 Å². The third-order valence-corrected chi connectivity index (χ3v) is 3.88. The predicted molar refractivity (Wildman–Crippen MR) is 88.1 cm³/mol. The first-order valence-corrected chi connectivity index (χ1v) is 7.89. The summed E-state index contributed by atoms with van der Waals surface area (Å²) in [5, 5.41) is 10.6. The molecule has 0 aliphatic carbocycles. The van der Waals surface area contributed by atoms with Crippen molar-refractivity contribution in [1.29, 1.82) is 0 Å². The molecule has 24 heavy (non-hydrogen) atoms. The van der Waals surface area contributed by atoms with Gasteiger partial charge in [0.05, 0.1) is 17.4 Å². The second-order valence-corrected chi connectivity index (χ2v) is 5.56. The smallest absolute Gasteiger partial charge is 0.310 e. The number of piperidine rings is 1. The topological polar surface area (TPSA) is 89.8 Å². The van der Waals surface area contributed by atoms with Gasteiger partial charge in [0.1, 0.15) is 0 Å². The van der Waals surface area contributed by atoms with E-state index in [9.17, 15) is 19.7 Å². The van der Waals surface area contributed by atoms with E-state index in [1.165, 1.54) is 18.2 Å². The Labute approximate surface area is 140 Å². The summed E-state index contributed by atoms with van der Waals surface area (Å²) in [5.74, 6) is -0.702. The zero-order valence-corrected chi connectivity index (χ0v) is 13.5. The summed E-state index contributed by atoms with van der Waals surface area (Å²) in [5.41, 5.74) is 0.708. The minimum atomic E-state index is -0.470. The Morgan fingerprint density at radius 2 is 2.08 bits per heavy atom. The number of nitro groups is 1. The fourth-order valence-electron chi connectivity index (χ4n) is 2.61. The molecule has 0 spiro atoms. The highest BCUT2D eigenvalue weighted by Gasteiger charge is 2.28. The number of carbonyl (C=O) groups is 2. The van der Waals surface area contributed by atoms with Crippen LogP contribution in [0.15, 0.2) is 30.3 Å². The van der Waals surface area contributed by atoms with Crippen molar-refractivity contribution in [3.63, 3.8) is 0 Å². The Kier molecular flexibility index (Phi) is 6.06. The molecule has 1 aliphatic rings. The average Bonchev–Trinajstić information content (AvgIpc) is 2.60. The van der Waals surface area contributed by atoms with Crippen molar-refractivity contribution in [2.24, 2.45) is 5.92 Å². The maximum Gasteiger partial charge on any atom is 0.310 e. The van der Waals surface area contributed by atoms with Crippen LogP contribution in [0.2, 0.25) is 0 Å². The highest BCUT2D eigenvalue weighted by atomic mass is 16.6. The first-order chi connectivity index (χ1) is 11.5. The Bertz CT molecular complexity index is 639. The van der Waals surface area contributed by atoms with E-state index in [2.05, 4.69) is 0 Å². The highest BCUT2D eigenvalue weighted by molar-refractivity contribution is 5.92. The van der Waals surface area contributed by atoms with Gasteiger partial charge < -0.3 is 9.64 Å². The van der Waals surface area contributed by atoms with Crippen molar-refractivity contribution >= 4 is 23.6 Å². The zero-order chi connectivity index (χ0) is 17.5. The maximum atomic E-state index is 12.3. The van der Waals surface area contributed by atoms with Crippen LogP contribution in [-0.4, -0.2) is 41.4 Å². The summed E-state index contributed by atoms with van der Waals surface area (Å²) < 4.78 is 5.02. The van der Waals surface area contributed by atoms with E-state index in [4.69, 9.17) is 4.74 Å². The van der Waals surface area contributed by atoms with Crippen LogP contribution in [0.25, 0.3) is 6.08 Å². The van der Waals surface area contributed by atoms with Crippen LogP contribution in [0.5, 0.6) is 0 Å². The van der Waals surface area contributed by atoms with Crippen LogP contribution in [0, 0.1) is 16.0 Å². The number of hydrogen-bond acceptors (Lipinski definition) is 5. The summed E-state index contributed by atoms with van der Waals surface area (Å²) in [7, 11) is 0. The van der Waals surface area contributed by atoms with Gasteiger partial charge in [-0.2, -0.15) is 0 Å². The molecule has 7 nitrogen and oxygen atoms in total. The molecule has 0 unspecified atom stereocenters. The third-order valence-electron chi connectivity index (χ3n) is 3.88. The lowest BCUT2D eigenvalue weighted by atomic mass is 9.98. The molecule has 0 radical (unpaired) electrons. The number of benzene rings is 1. The van der Waals surface area contributed by atoms with Crippen LogP contribution in [-0.2, 0) is 14.3 Å². The molecule has 0 aromatic heterocycles. The van der Waals surface area contributed by atoms with E-state index >= 15 is 0 Å². The molecule has 1 fully saturated rings. The van der Waals surface area contributed by atoms with E-state index in [-0.39, 0.29) is 23.5 Å². The molecular weight excluding hydrogens is 312 g/mol. The van der Waals surface area contributed by atoms with Crippen molar-refractivity contribution < 1.29 is 19.2 Å². The summed E-state index contributed by atoms with van der Waals surface area (Å²) in [6.07, 6.45) is 4.53. The van der Waals surface area contributed by atoms with E-state index in [1.54, 1.807) is 30.0 Å². The van der Waals surface area contributed by atoms with Crippen molar-refractivity contribution in [3.8, 4) is 0 Å². The molecule has 1 aromatic carbocycles. The molecule has 1 aliphatic heterocycles. The van der Waals surface area contributed by atoms with Crippen molar-refractivity contribution in [3.05, 3.63) is 46.0 Å². The van der Waals surface area contributed by atoms with E-state index < -0.39 is 4.92 Å². The molecule has 2 rings (SSSR count). The Hall–Kier alpha value is -2.70. The molecule has 1 aromatic rings. The van der Waals surface area contributed by atoms with Crippen molar-refractivity contribution in [2.75, 3.05) is 19.7 Å². The van der Waals surface area contributed by atoms with Gasteiger partial charge in [0.2, 0.25) is 5.91 Å². The molecule has 1 saturated heterocycles. The van der Waals surface area contributed by atoms with Gasteiger partial charge in [-0.25, -0.2) is 0 Å². The monoisotopic (exact) mass is 332 g/mol. The average molecular weight is 332 g/mol. The van der Waals surface area contributed by atoms with Gasteiger partial charge in [-0.05, 0) is 43.5 Å². The molecule has 1 amide bonds. The Morgan fingerprint density at radius 1 is 1.38 bits per heavy atom. The van der Waals surface area contributed by atoms with Crippen LogP contribution < -0.4 is 0 Å². The van der Waals surface area contributed by atoms with Crippen LogP contribution >= 0.6 is 0 Å². The molecular formula is C17H20N2O5. The van der Waals surface area contributed by atoms with Gasteiger partial charge in [0.15, 0.2) is 0 Å². The van der Waals surface area contributed by atoms with Gasteiger partial charge >= 0.3 is 5.97 Å². The lowest BCUT2D eigenvalue weighted by Gasteiger charge is -2.30. The van der Waals surface area contributed by atoms with Crippen LogP contribution in [0.4, 0.5) is 5.69 Å². The van der Waals surface area contributed by atoms with E-state index in [0.717, 1.165) is 12.8 Å². The van der Waals surface area contributed by atoms with Gasteiger partial charge in [-0.15, -0.1) is 0 Å². The normalized spacial score (nSPS) is 17.7. The maximum absolute atomic E-state index is 12.3. The molecule has 1 heterocycles. The Balaban J connectivity index is 1.95. The summed E-state index contributed by atoms with van der Waals surface area (Å²) in [6, 6.07) is 5.95. The number of nitro benzene ring substituents is 1. The number of esters is 1. The van der Waals surface area contributed by atoms with E-state index in [0.29, 0.717) is 25.3 Å². The van der Waals surface area contributed by atoms with Crippen molar-refractivity contribution in [1.82, 2.24) is 4.90 Å². The molecule has 7 heteroatoms. The summed E-state index contributed by atoms with van der Waals surface area (Å²) >= 11 is 0. The number of nitrogens with zero attached hydrogens (tertiary/aromatic N) is 2.